The van der Waals surface area contributed by atoms with E-state index in [0.29, 0.717) is 50.9 Å². The first-order valence-corrected chi connectivity index (χ1v) is 38.5. The molecule has 6 fully saturated rings. The van der Waals surface area contributed by atoms with Crippen molar-refractivity contribution >= 4 is 70.9 Å². The zero-order valence-corrected chi connectivity index (χ0v) is 65.3. The Labute approximate surface area is 623 Å². The van der Waals surface area contributed by atoms with Crippen molar-refractivity contribution in [3.05, 3.63) is 12.2 Å². The van der Waals surface area contributed by atoms with E-state index in [1.165, 1.54) is 80.9 Å². The average Bonchev–Trinajstić information content (AvgIpc) is 0.942. The summed E-state index contributed by atoms with van der Waals surface area (Å²) in [4.78, 5) is 192. The standard InChI is InChI=1S/C76H121F5N12O13/c1-16-33-106-42-58-65(97)83-63(47(5)17-2)71(103)87(11)41-61(96)88(12)54-25-19-18-22-32-92(70(54)102)57(37-48-28-26-45(3)27-29-48)69(101)86(10)40-59(94)82-53(31-30-49-35-51(77)62(52(78)36-49)76(79,80)81)67(99)93-39-46(4)34-55(93)66(98)84-75(43-74(6,7)44-75)73(105)91(15)64(50-23-20-21-24-50)72(104)90(14)56(68(100)85(8)9)38-60(95)89(58)13/h18-19,45-58,62-64H,16-17,20-44H2,1-15H3,(H,82,94)(H,83,97)(H,84,98)/b19-18-/t45?,46-,47+,48?,49?,51?,52?,53+,54+,55+,56+,57+,58+,62?,63+,64+/m1/s1. The Bertz CT molecular complexity index is 3160. The topological polar surface area (TPSA) is 279 Å². The van der Waals surface area contributed by atoms with Gasteiger partial charge in [-0.15, -0.1) is 0 Å². The van der Waals surface area contributed by atoms with Gasteiger partial charge in [0.05, 0.1) is 26.1 Å². The largest absolute Gasteiger partial charge is 0.397 e. The number of alkyl halides is 5. The number of nitrogens with zero attached hydrogens (tertiary/aromatic N) is 9. The number of hydrogen-bond acceptors (Lipinski definition) is 13. The van der Waals surface area contributed by atoms with E-state index in [1.54, 1.807) is 26.8 Å². The molecule has 3 heterocycles. The molecule has 0 aromatic heterocycles. The van der Waals surface area contributed by atoms with Crippen LogP contribution in [0.2, 0.25) is 0 Å². The third-order valence-corrected chi connectivity index (χ3v) is 23.9. The van der Waals surface area contributed by atoms with Crippen LogP contribution in [0, 0.1) is 46.8 Å². The van der Waals surface area contributed by atoms with Gasteiger partial charge in [0.15, 0.2) is 0 Å². The summed E-state index contributed by atoms with van der Waals surface area (Å²) in [5.74, 6) is -13.5. The normalized spacial score (nSPS) is 32.6. The Hall–Kier alpha value is -7.01. The highest BCUT2D eigenvalue weighted by atomic mass is 19.4. The molecule has 30 heteroatoms. The molecule has 7 aliphatic rings. The number of amides is 12. The number of rotatable bonds is 13. The molecule has 106 heavy (non-hydrogen) atoms. The third kappa shape index (κ3) is 20.9. The lowest BCUT2D eigenvalue weighted by atomic mass is 9.58. The molecule has 1 spiro atoms. The highest BCUT2D eigenvalue weighted by molar-refractivity contribution is 6.01. The molecule has 3 aliphatic heterocycles. The quantitative estimate of drug-likeness (QED) is 0.108. The van der Waals surface area contributed by atoms with Gasteiger partial charge in [-0.1, -0.05) is 106 Å². The van der Waals surface area contributed by atoms with Crippen molar-refractivity contribution in [2.45, 2.75) is 256 Å². The highest BCUT2D eigenvalue weighted by Crippen LogP contribution is 2.50. The van der Waals surface area contributed by atoms with Crippen molar-refractivity contribution < 1.29 is 84.2 Å². The monoisotopic (exact) mass is 1500 g/mol. The van der Waals surface area contributed by atoms with Gasteiger partial charge < -0.3 is 64.8 Å². The summed E-state index contributed by atoms with van der Waals surface area (Å²) < 4.78 is 78.8. The molecule has 2 bridgehead atoms. The van der Waals surface area contributed by atoms with Gasteiger partial charge in [0.25, 0.3) is 0 Å². The van der Waals surface area contributed by atoms with Crippen LogP contribution in [0.3, 0.4) is 0 Å². The maximum atomic E-state index is 15.7. The maximum Gasteiger partial charge on any atom is 0.397 e. The molecule has 12 atom stereocenters. The molecule has 3 N–H and O–H groups in total. The first-order chi connectivity index (χ1) is 49.7. The van der Waals surface area contributed by atoms with E-state index >= 15 is 37.5 Å². The lowest BCUT2D eigenvalue weighted by Crippen LogP contribution is -2.71. The van der Waals surface area contributed by atoms with E-state index in [-0.39, 0.29) is 83.1 Å². The molecular weight excluding hydrogens is 1380 g/mol. The van der Waals surface area contributed by atoms with Crippen LogP contribution in [0.5, 0.6) is 0 Å². The van der Waals surface area contributed by atoms with Crippen LogP contribution in [0.25, 0.3) is 0 Å². The van der Waals surface area contributed by atoms with Crippen LogP contribution in [-0.2, 0) is 62.3 Å². The fraction of sp³-hybridized carbons (Fsp3) is 0.816. The van der Waals surface area contributed by atoms with E-state index in [4.69, 9.17) is 4.74 Å². The van der Waals surface area contributed by atoms with Crippen LogP contribution in [0.15, 0.2) is 12.2 Å². The summed E-state index contributed by atoms with van der Waals surface area (Å²) in [6, 6.07) is -10.7. The molecule has 2 unspecified atom stereocenters. The summed E-state index contributed by atoms with van der Waals surface area (Å²) in [7, 11) is 11.2. The van der Waals surface area contributed by atoms with Gasteiger partial charge in [0, 0.05) is 76.1 Å². The lowest BCUT2D eigenvalue weighted by Gasteiger charge is -2.54. The smallest absolute Gasteiger partial charge is 0.379 e. The third-order valence-electron chi connectivity index (χ3n) is 23.9. The van der Waals surface area contributed by atoms with E-state index in [9.17, 15) is 41.9 Å². The summed E-state index contributed by atoms with van der Waals surface area (Å²) in [6.45, 7) is 11.6. The number of likely N-dealkylation sites (N-methyl/N-ethyl adjacent to an activating group) is 7. The van der Waals surface area contributed by atoms with E-state index in [0.717, 1.165) is 45.3 Å². The van der Waals surface area contributed by atoms with Gasteiger partial charge in [-0.2, -0.15) is 13.2 Å². The lowest BCUT2D eigenvalue weighted by molar-refractivity contribution is -0.219. The second-order valence-electron chi connectivity index (χ2n) is 33.2. The summed E-state index contributed by atoms with van der Waals surface area (Å²) in [5, 5.41) is 8.62. The zero-order valence-electron chi connectivity index (χ0n) is 65.3. The summed E-state index contributed by atoms with van der Waals surface area (Å²) in [6.07, 6.45) is -2.30. The fourth-order valence-electron chi connectivity index (χ4n) is 17.5. The van der Waals surface area contributed by atoms with Gasteiger partial charge in [-0.3, -0.25) is 57.5 Å². The van der Waals surface area contributed by atoms with Gasteiger partial charge in [0.1, 0.15) is 72.1 Å². The number of fused-ring (bicyclic) bond motifs is 3. The number of hydrogen-bond donors (Lipinski definition) is 3. The van der Waals surface area contributed by atoms with Crippen LogP contribution in [0.1, 0.15) is 183 Å². The average molecular weight is 1510 g/mol. The van der Waals surface area contributed by atoms with Crippen LogP contribution in [-0.4, -0.2) is 283 Å². The van der Waals surface area contributed by atoms with E-state index in [2.05, 4.69) is 22.9 Å². The minimum Gasteiger partial charge on any atom is -0.379 e. The molecule has 0 radical (unpaired) electrons. The summed E-state index contributed by atoms with van der Waals surface area (Å²) in [5.41, 5.74) is -2.23. The molecule has 2 saturated heterocycles. The van der Waals surface area contributed by atoms with Crippen LogP contribution < -0.4 is 16.0 Å². The second-order valence-corrected chi connectivity index (χ2v) is 33.2. The fourth-order valence-corrected chi connectivity index (χ4v) is 17.5. The first kappa shape index (κ1) is 86.2. The Morgan fingerprint density at radius 2 is 1.29 bits per heavy atom. The van der Waals surface area contributed by atoms with E-state index < -0.39 is 205 Å². The molecule has 4 aliphatic carbocycles. The Kier molecular flexibility index (Phi) is 30.0. The van der Waals surface area contributed by atoms with Gasteiger partial charge >= 0.3 is 6.18 Å². The minimum absolute atomic E-state index is 0.0101. The van der Waals surface area contributed by atoms with Crippen molar-refractivity contribution in [2.24, 2.45) is 46.8 Å². The first-order valence-electron chi connectivity index (χ1n) is 38.5. The molecule has 598 valence electrons. The maximum absolute atomic E-state index is 15.7. The van der Waals surface area contributed by atoms with Crippen molar-refractivity contribution in [3.63, 3.8) is 0 Å². The number of nitrogens with one attached hydrogen (secondary N) is 3. The van der Waals surface area contributed by atoms with Gasteiger partial charge in [0.2, 0.25) is 70.9 Å². The molecule has 7 rings (SSSR count). The predicted molar refractivity (Wildman–Crippen MR) is 385 cm³/mol. The van der Waals surface area contributed by atoms with Crippen LogP contribution >= 0.6 is 0 Å². The highest BCUT2D eigenvalue weighted by Gasteiger charge is 2.60. The summed E-state index contributed by atoms with van der Waals surface area (Å²) >= 11 is 0. The van der Waals surface area contributed by atoms with Crippen LogP contribution in [0.4, 0.5) is 22.0 Å². The Morgan fingerprint density at radius 3 is 1.88 bits per heavy atom. The number of halogens is 5. The van der Waals surface area contributed by atoms with E-state index in [1.807, 2.05) is 26.8 Å². The molecular formula is C76H121F5N12O13. The SMILES string of the molecule is CCCOC[C@H]1C(=O)N[C@@H]([C@@H](C)CC)C(=O)N(C)CC(=O)N(C)[C@H]2C/C=C\CCN(C2=O)[C@@H](CC2CCC(C)CC2)C(=O)N(C)CC(=O)N[C@@H](CCC2CC(F)C(C(F)(F)F)C(F)C2)C(=O)N2C[C@H](C)C[C@H]2C(=O)NC2(CC(C)(C)C2)C(=O)N(C)[C@@H](C2CCCC2)C(=O)N(C)[C@H](C(=O)N(C)C)CC(=O)N1C. The van der Waals surface area contributed by atoms with Crippen molar-refractivity contribution in [1.82, 2.24) is 60.0 Å². The molecule has 25 nitrogen and oxygen atoms in total. The number of ether oxygens (including phenoxy) is 1. The minimum atomic E-state index is -5.17. The van der Waals surface area contributed by atoms with Crippen molar-refractivity contribution in [3.8, 4) is 0 Å². The molecule has 4 saturated carbocycles. The predicted octanol–water partition coefficient (Wildman–Crippen LogP) is 6.06. The van der Waals surface area contributed by atoms with Crippen molar-refractivity contribution in [2.75, 3.05) is 95.8 Å². The van der Waals surface area contributed by atoms with Gasteiger partial charge in [-0.25, -0.2) is 8.78 Å². The Balaban J connectivity index is 1.32. The zero-order chi connectivity index (χ0) is 78.8. The van der Waals surface area contributed by atoms with Gasteiger partial charge in [-0.05, 0) is 124 Å². The number of carbonyl (C=O) groups excluding carboxylic acids is 12. The Morgan fingerprint density at radius 1 is 0.670 bits per heavy atom. The molecule has 0 aromatic carbocycles. The number of carbonyl (C=O) groups is 12. The molecule has 12 amide bonds. The van der Waals surface area contributed by atoms with Crippen molar-refractivity contribution in [1.29, 1.82) is 0 Å². The molecule has 0 aromatic rings. The second kappa shape index (κ2) is 36.9.